The van der Waals surface area contributed by atoms with E-state index in [4.69, 9.17) is 5.26 Å². The van der Waals surface area contributed by atoms with Crippen molar-refractivity contribution in [2.45, 2.75) is 13.3 Å². The highest BCUT2D eigenvalue weighted by atomic mass is 16.2. The van der Waals surface area contributed by atoms with Gasteiger partial charge in [-0.15, -0.1) is 0 Å². The van der Waals surface area contributed by atoms with Gasteiger partial charge in [0.25, 0.3) is 0 Å². The smallest absolute Gasteiger partial charge is 0.236 e. The Morgan fingerprint density at radius 1 is 1.75 bits per heavy atom. The third-order valence-electron chi connectivity index (χ3n) is 2.76. The van der Waals surface area contributed by atoms with Gasteiger partial charge in [-0.25, -0.2) is 0 Å². The molecule has 1 aliphatic heterocycles. The van der Waals surface area contributed by atoms with E-state index in [-0.39, 0.29) is 24.3 Å². The van der Waals surface area contributed by atoms with Gasteiger partial charge in [-0.05, 0) is 13.3 Å². The average Bonchev–Trinajstić information content (AvgIpc) is 2.68. The monoisotopic (exact) mass is 164 g/mol. The van der Waals surface area contributed by atoms with Crippen LogP contribution in [0.3, 0.4) is 0 Å². The van der Waals surface area contributed by atoms with E-state index in [1.807, 2.05) is 6.07 Å². The number of imide groups is 1. The number of nitrogens with zero attached hydrogens (tertiary/aromatic N) is 2. The van der Waals surface area contributed by atoms with Crippen LogP contribution in [0.1, 0.15) is 13.3 Å². The van der Waals surface area contributed by atoms with Crippen LogP contribution >= 0.6 is 0 Å². The molecule has 4 nitrogen and oxygen atoms in total. The summed E-state index contributed by atoms with van der Waals surface area (Å²) >= 11 is 0. The number of piperidine rings is 1. The van der Waals surface area contributed by atoms with Crippen LogP contribution in [0.5, 0.6) is 0 Å². The molecule has 2 amide bonds. The van der Waals surface area contributed by atoms with Crippen LogP contribution in [-0.2, 0) is 9.59 Å². The zero-order chi connectivity index (χ0) is 8.93. The Hall–Kier alpha value is -1.37. The summed E-state index contributed by atoms with van der Waals surface area (Å²) in [6, 6.07) is 1.81. The van der Waals surface area contributed by atoms with Crippen LogP contribution in [0.15, 0.2) is 0 Å². The lowest BCUT2D eigenvalue weighted by atomic mass is 10.1. The topological polar surface area (TPSA) is 61.2 Å². The summed E-state index contributed by atoms with van der Waals surface area (Å²) in [6.07, 6.45) is 0.673. The summed E-state index contributed by atoms with van der Waals surface area (Å²) in [4.78, 5) is 23.8. The summed E-state index contributed by atoms with van der Waals surface area (Å²) in [6.45, 7) is 1.69. The van der Waals surface area contributed by atoms with Crippen molar-refractivity contribution >= 4 is 11.8 Å². The molecule has 0 bridgehead atoms. The van der Waals surface area contributed by atoms with Crippen molar-refractivity contribution in [3.05, 3.63) is 0 Å². The number of rotatable bonds is 1. The van der Waals surface area contributed by atoms with E-state index in [1.165, 1.54) is 0 Å². The number of carbonyl (C=O) groups excluding carboxylic acids is 2. The van der Waals surface area contributed by atoms with E-state index in [2.05, 4.69) is 0 Å². The van der Waals surface area contributed by atoms with Crippen molar-refractivity contribution in [1.29, 1.82) is 5.26 Å². The lowest BCUT2D eigenvalue weighted by molar-refractivity contribution is -0.141. The maximum absolute atomic E-state index is 11.4. The second kappa shape index (κ2) is 1.86. The highest BCUT2D eigenvalue weighted by Gasteiger charge is 2.68. The van der Waals surface area contributed by atoms with E-state index in [0.717, 1.165) is 4.90 Å². The Morgan fingerprint density at radius 3 is 2.83 bits per heavy atom. The third-order valence-corrected chi connectivity index (χ3v) is 2.76. The molecular weight excluding hydrogens is 156 g/mol. The molecule has 2 rings (SSSR count). The molecule has 0 aromatic heterocycles. The number of nitriles is 1. The first-order valence-corrected chi connectivity index (χ1v) is 3.84. The number of hydrogen-bond acceptors (Lipinski definition) is 3. The molecule has 2 fully saturated rings. The molecular formula is C8H8N2O2. The molecule has 1 saturated carbocycles. The SMILES string of the molecule is CC12CC1C(=O)N(CC#N)C2=O. The quantitative estimate of drug-likeness (QED) is 0.401. The lowest BCUT2D eigenvalue weighted by Crippen LogP contribution is -2.34. The lowest BCUT2D eigenvalue weighted by Gasteiger charge is -2.12. The van der Waals surface area contributed by atoms with Crippen LogP contribution in [0.4, 0.5) is 0 Å². The maximum Gasteiger partial charge on any atom is 0.236 e. The normalized spacial score (nSPS) is 38.0. The zero-order valence-electron chi connectivity index (χ0n) is 6.70. The van der Waals surface area contributed by atoms with Crippen molar-refractivity contribution < 1.29 is 9.59 Å². The van der Waals surface area contributed by atoms with Gasteiger partial charge in [-0.3, -0.25) is 14.5 Å². The van der Waals surface area contributed by atoms with E-state index in [9.17, 15) is 9.59 Å². The van der Waals surface area contributed by atoms with Gasteiger partial charge >= 0.3 is 0 Å². The zero-order valence-corrected chi connectivity index (χ0v) is 6.70. The number of likely N-dealkylation sites (tertiary alicyclic amines) is 1. The highest BCUT2D eigenvalue weighted by Crippen LogP contribution is 2.58. The van der Waals surface area contributed by atoms with Crippen LogP contribution in [0.25, 0.3) is 0 Å². The summed E-state index contributed by atoms with van der Waals surface area (Å²) < 4.78 is 0. The number of fused-ring (bicyclic) bond motifs is 1. The predicted molar refractivity (Wildman–Crippen MR) is 38.5 cm³/mol. The molecule has 12 heavy (non-hydrogen) atoms. The number of amides is 2. The Balaban J connectivity index is 2.26. The average molecular weight is 164 g/mol. The van der Waals surface area contributed by atoms with Gasteiger partial charge in [0.1, 0.15) is 6.54 Å². The van der Waals surface area contributed by atoms with E-state index in [1.54, 1.807) is 6.92 Å². The van der Waals surface area contributed by atoms with Crippen molar-refractivity contribution in [1.82, 2.24) is 4.90 Å². The van der Waals surface area contributed by atoms with Gasteiger partial charge < -0.3 is 0 Å². The van der Waals surface area contributed by atoms with E-state index >= 15 is 0 Å². The van der Waals surface area contributed by atoms with Crippen LogP contribution in [0.2, 0.25) is 0 Å². The fraction of sp³-hybridized carbons (Fsp3) is 0.625. The van der Waals surface area contributed by atoms with Crippen LogP contribution < -0.4 is 0 Å². The largest absolute Gasteiger partial charge is 0.274 e. The van der Waals surface area contributed by atoms with Crippen molar-refractivity contribution in [3.63, 3.8) is 0 Å². The number of carbonyl (C=O) groups is 2. The Labute approximate surface area is 69.8 Å². The van der Waals surface area contributed by atoms with Gasteiger partial charge in [0, 0.05) is 0 Å². The molecule has 1 aliphatic carbocycles. The Morgan fingerprint density at radius 2 is 2.42 bits per heavy atom. The molecule has 62 valence electrons. The minimum absolute atomic E-state index is 0.0935. The Bertz CT molecular complexity index is 318. The molecule has 2 atom stereocenters. The summed E-state index contributed by atoms with van der Waals surface area (Å²) in [7, 11) is 0. The molecule has 0 radical (unpaired) electrons. The van der Waals surface area contributed by atoms with Gasteiger partial charge in [0.15, 0.2) is 0 Å². The summed E-state index contributed by atoms with van der Waals surface area (Å²) in [5.41, 5.74) is -0.450. The van der Waals surface area contributed by atoms with Crippen LogP contribution in [0, 0.1) is 22.7 Å². The van der Waals surface area contributed by atoms with Crippen molar-refractivity contribution in [3.8, 4) is 6.07 Å². The van der Waals surface area contributed by atoms with Gasteiger partial charge in [-0.1, -0.05) is 0 Å². The molecule has 1 heterocycles. The van der Waals surface area contributed by atoms with Gasteiger partial charge in [-0.2, -0.15) is 5.26 Å². The second-order valence-electron chi connectivity index (χ2n) is 3.56. The molecule has 0 N–H and O–H groups in total. The van der Waals surface area contributed by atoms with Gasteiger partial charge in [0.05, 0.1) is 17.4 Å². The minimum atomic E-state index is -0.450. The third kappa shape index (κ3) is 0.613. The van der Waals surface area contributed by atoms with E-state index < -0.39 is 5.41 Å². The maximum atomic E-state index is 11.4. The molecule has 1 saturated heterocycles. The first-order chi connectivity index (χ1) is 5.61. The van der Waals surface area contributed by atoms with E-state index in [0.29, 0.717) is 6.42 Å². The highest BCUT2D eigenvalue weighted by molar-refractivity contribution is 6.11. The molecule has 2 unspecified atom stereocenters. The van der Waals surface area contributed by atoms with Crippen molar-refractivity contribution in [2.75, 3.05) is 6.54 Å². The number of hydrogen-bond donors (Lipinski definition) is 0. The Kier molecular flexibility index (Phi) is 1.13. The summed E-state index contributed by atoms with van der Waals surface area (Å²) in [5.74, 6) is -0.457. The van der Waals surface area contributed by atoms with Crippen molar-refractivity contribution in [2.24, 2.45) is 11.3 Å². The van der Waals surface area contributed by atoms with Crippen LogP contribution in [-0.4, -0.2) is 23.3 Å². The molecule has 0 aromatic rings. The molecule has 0 spiro atoms. The fourth-order valence-electron chi connectivity index (χ4n) is 1.78. The molecule has 2 aliphatic rings. The summed E-state index contributed by atoms with van der Waals surface area (Å²) in [5, 5.41) is 8.35. The first-order valence-electron chi connectivity index (χ1n) is 3.84. The second-order valence-corrected chi connectivity index (χ2v) is 3.56. The standard InChI is InChI=1S/C8H8N2O2/c1-8-4-5(8)6(11)10(3-2-9)7(8)12/h5H,3-4H2,1H3. The van der Waals surface area contributed by atoms with Gasteiger partial charge in [0.2, 0.25) is 11.8 Å². The molecule has 4 heteroatoms. The molecule has 0 aromatic carbocycles. The predicted octanol–water partition coefficient (Wildman–Crippen LogP) is -0.0950. The minimum Gasteiger partial charge on any atom is -0.274 e. The fourth-order valence-corrected chi connectivity index (χ4v) is 1.78. The first kappa shape index (κ1) is 7.29.